The maximum atomic E-state index is 12.4. The zero-order valence-electron chi connectivity index (χ0n) is 15.9. The van der Waals surface area contributed by atoms with Crippen LogP contribution in [0.3, 0.4) is 0 Å². The Morgan fingerprint density at radius 2 is 1.50 bits per heavy atom. The topological polar surface area (TPSA) is 84.5 Å². The molecule has 2 aromatic carbocycles. The maximum absolute atomic E-state index is 12.4. The molecule has 3 rings (SSSR count). The number of amides is 2. The van der Waals surface area contributed by atoms with Gasteiger partial charge in [-0.05, 0) is 55.3 Å². The standard InChI is InChI=1S/C22H24N2O4/c1-28-22(27)17-6-5-9-19(14-17)24-21(26)16-12-10-15(11-13-16)20(25)23-18-7-3-2-4-8-18/h5-6,9-14,18H,2-4,7-8H2,1H3,(H,23,25)(H,24,26). The van der Waals surface area contributed by atoms with E-state index < -0.39 is 5.97 Å². The van der Waals surface area contributed by atoms with Crippen LogP contribution in [0.1, 0.15) is 63.2 Å². The maximum Gasteiger partial charge on any atom is 0.337 e. The van der Waals surface area contributed by atoms with Crippen molar-refractivity contribution in [2.75, 3.05) is 12.4 Å². The van der Waals surface area contributed by atoms with Crippen molar-refractivity contribution in [3.05, 3.63) is 65.2 Å². The van der Waals surface area contributed by atoms with Crippen molar-refractivity contribution in [2.45, 2.75) is 38.1 Å². The number of carbonyl (C=O) groups is 3. The van der Waals surface area contributed by atoms with Gasteiger partial charge in [0.05, 0.1) is 12.7 Å². The van der Waals surface area contributed by atoms with Crippen molar-refractivity contribution >= 4 is 23.5 Å². The summed E-state index contributed by atoms with van der Waals surface area (Å²) < 4.78 is 4.68. The molecule has 2 amide bonds. The lowest BCUT2D eigenvalue weighted by molar-refractivity contribution is 0.0600. The number of esters is 1. The highest BCUT2D eigenvalue weighted by Gasteiger charge is 2.17. The Hall–Kier alpha value is -3.15. The number of rotatable bonds is 5. The van der Waals surface area contributed by atoms with Crippen molar-refractivity contribution in [3.63, 3.8) is 0 Å². The van der Waals surface area contributed by atoms with Crippen molar-refractivity contribution in [1.29, 1.82) is 0 Å². The molecule has 146 valence electrons. The summed E-state index contributed by atoms with van der Waals surface area (Å²) in [6, 6.07) is 13.3. The number of ether oxygens (including phenoxy) is 1. The van der Waals surface area contributed by atoms with Gasteiger partial charge in [-0.15, -0.1) is 0 Å². The van der Waals surface area contributed by atoms with Crippen LogP contribution in [0.4, 0.5) is 5.69 Å². The van der Waals surface area contributed by atoms with E-state index in [1.165, 1.54) is 13.5 Å². The summed E-state index contributed by atoms with van der Waals surface area (Å²) >= 11 is 0. The smallest absolute Gasteiger partial charge is 0.337 e. The Balaban J connectivity index is 1.62. The van der Waals surface area contributed by atoms with Crippen LogP contribution in [0.15, 0.2) is 48.5 Å². The Bertz CT molecular complexity index is 855. The van der Waals surface area contributed by atoms with E-state index in [0.29, 0.717) is 22.4 Å². The van der Waals surface area contributed by atoms with E-state index in [4.69, 9.17) is 0 Å². The lowest BCUT2D eigenvalue weighted by Crippen LogP contribution is -2.36. The molecule has 0 spiro atoms. The molecule has 0 unspecified atom stereocenters. The van der Waals surface area contributed by atoms with Gasteiger partial charge in [0.2, 0.25) is 0 Å². The molecule has 0 heterocycles. The fourth-order valence-corrected chi connectivity index (χ4v) is 3.33. The van der Waals surface area contributed by atoms with E-state index in [1.54, 1.807) is 48.5 Å². The van der Waals surface area contributed by atoms with Gasteiger partial charge in [-0.2, -0.15) is 0 Å². The first-order chi connectivity index (χ1) is 13.6. The molecular formula is C22H24N2O4. The van der Waals surface area contributed by atoms with Crippen molar-refractivity contribution in [1.82, 2.24) is 5.32 Å². The van der Waals surface area contributed by atoms with Gasteiger partial charge in [0.25, 0.3) is 11.8 Å². The first-order valence-electron chi connectivity index (χ1n) is 9.47. The molecule has 6 nitrogen and oxygen atoms in total. The molecule has 0 radical (unpaired) electrons. The molecule has 1 aliphatic carbocycles. The summed E-state index contributed by atoms with van der Waals surface area (Å²) in [5, 5.41) is 5.81. The number of hydrogen-bond donors (Lipinski definition) is 2. The minimum Gasteiger partial charge on any atom is -0.465 e. The van der Waals surface area contributed by atoms with Crippen LogP contribution in [0.2, 0.25) is 0 Å². The monoisotopic (exact) mass is 380 g/mol. The third-order valence-corrected chi connectivity index (χ3v) is 4.89. The average Bonchev–Trinajstić information content (AvgIpc) is 2.74. The Kier molecular flexibility index (Phi) is 6.42. The normalized spacial score (nSPS) is 14.2. The molecule has 0 saturated heterocycles. The third-order valence-electron chi connectivity index (χ3n) is 4.89. The Labute approximate surface area is 164 Å². The Morgan fingerprint density at radius 1 is 0.857 bits per heavy atom. The molecule has 0 aromatic heterocycles. The van der Waals surface area contributed by atoms with E-state index in [-0.39, 0.29) is 17.9 Å². The van der Waals surface area contributed by atoms with Gasteiger partial charge >= 0.3 is 5.97 Å². The molecule has 0 atom stereocenters. The highest BCUT2D eigenvalue weighted by Crippen LogP contribution is 2.18. The van der Waals surface area contributed by atoms with Gasteiger partial charge in [-0.25, -0.2) is 4.79 Å². The summed E-state index contributed by atoms with van der Waals surface area (Å²) in [6.07, 6.45) is 5.59. The van der Waals surface area contributed by atoms with Crippen LogP contribution in [0.25, 0.3) is 0 Å². The molecule has 1 saturated carbocycles. The summed E-state index contributed by atoms with van der Waals surface area (Å²) in [5.41, 5.74) is 1.81. The minimum atomic E-state index is -0.468. The molecular weight excluding hydrogens is 356 g/mol. The summed E-state index contributed by atoms with van der Waals surface area (Å²) in [4.78, 5) is 36.4. The highest BCUT2D eigenvalue weighted by molar-refractivity contribution is 6.05. The van der Waals surface area contributed by atoms with Crippen molar-refractivity contribution in [3.8, 4) is 0 Å². The molecule has 28 heavy (non-hydrogen) atoms. The van der Waals surface area contributed by atoms with Gasteiger partial charge in [-0.3, -0.25) is 9.59 Å². The first-order valence-corrected chi connectivity index (χ1v) is 9.47. The van der Waals surface area contributed by atoms with Crippen molar-refractivity contribution in [2.24, 2.45) is 0 Å². The highest BCUT2D eigenvalue weighted by atomic mass is 16.5. The number of methoxy groups -OCH3 is 1. The van der Waals surface area contributed by atoms with Gasteiger partial charge < -0.3 is 15.4 Å². The van der Waals surface area contributed by atoms with Gasteiger partial charge in [0, 0.05) is 22.9 Å². The predicted octanol–water partition coefficient (Wildman–Crippen LogP) is 3.79. The summed E-state index contributed by atoms with van der Waals surface area (Å²) in [5.74, 6) is -0.893. The molecule has 0 bridgehead atoms. The molecule has 6 heteroatoms. The second-order valence-electron chi connectivity index (χ2n) is 6.91. The number of carbonyl (C=O) groups excluding carboxylic acids is 3. The van der Waals surface area contributed by atoms with Crippen LogP contribution in [0, 0.1) is 0 Å². The second kappa shape index (κ2) is 9.17. The van der Waals surface area contributed by atoms with Crippen LogP contribution in [0.5, 0.6) is 0 Å². The zero-order valence-corrected chi connectivity index (χ0v) is 15.9. The fourth-order valence-electron chi connectivity index (χ4n) is 3.33. The fraction of sp³-hybridized carbons (Fsp3) is 0.318. The summed E-state index contributed by atoms with van der Waals surface area (Å²) in [7, 11) is 1.31. The predicted molar refractivity (Wildman–Crippen MR) is 107 cm³/mol. The van der Waals surface area contributed by atoms with Gasteiger partial charge in [0.15, 0.2) is 0 Å². The molecule has 1 fully saturated rings. The minimum absolute atomic E-state index is 0.107. The van der Waals surface area contributed by atoms with Crippen molar-refractivity contribution < 1.29 is 19.1 Å². The molecule has 0 aliphatic heterocycles. The number of anilines is 1. The Morgan fingerprint density at radius 3 is 2.14 bits per heavy atom. The lowest BCUT2D eigenvalue weighted by atomic mass is 9.95. The van der Waals surface area contributed by atoms with E-state index in [1.807, 2.05) is 0 Å². The molecule has 1 aliphatic rings. The summed E-state index contributed by atoms with van der Waals surface area (Å²) in [6.45, 7) is 0. The quantitative estimate of drug-likeness (QED) is 0.773. The van der Waals surface area contributed by atoms with Crippen LogP contribution < -0.4 is 10.6 Å². The van der Waals surface area contributed by atoms with E-state index in [2.05, 4.69) is 15.4 Å². The lowest BCUT2D eigenvalue weighted by Gasteiger charge is -2.22. The average molecular weight is 380 g/mol. The molecule has 2 aromatic rings. The molecule has 2 N–H and O–H groups in total. The third kappa shape index (κ3) is 4.97. The number of nitrogens with one attached hydrogen (secondary N) is 2. The van der Waals surface area contributed by atoms with Crippen LogP contribution >= 0.6 is 0 Å². The zero-order chi connectivity index (χ0) is 19.9. The van der Waals surface area contributed by atoms with Crippen LogP contribution in [-0.2, 0) is 4.74 Å². The van der Waals surface area contributed by atoms with E-state index in [0.717, 1.165) is 25.7 Å². The number of hydrogen-bond acceptors (Lipinski definition) is 4. The van der Waals surface area contributed by atoms with E-state index in [9.17, 15) is 14.4 Å². The van der Waals surface area contributed by atoms with E-state index >= 15 is 0 Å². The first kappa shape index (κ1) is 19.6. The van der Waals surface area contributed by atoms with Gasteiger partial charge in [-0.1, -0.05) is 25.3 Å². The van der Waals surface area contributed by atoms with Crippen LogP contribution in [-0.4, -0.2) is 30.9 Å². The number of benzene rings is 2. The largest absolute Gasteiger partial charge is 0.465 e. The second-order valence-corrected chi connectivity index (χ2v) is 6.91. The van der Waals surface area contributed by atoms with Gasteiger partial charge in [0.1, 0.15) is 0 Å². The SMILES string of the molecule is COC(=O)c1cccc(NC(=O)c2ccc(C(=O)NC3CCCCC3)cc2)c1.